The second kappa shape index (κ2) is 3.79. The molecule has 0 fully saturated rings. The summed E-state index contributed by atoms with van der Waals surface area (Å²) in [7, 11) is 0. The molecular weight excluding hydrogens is 192 g/mol. The number of anilines is 1. The molecule has 0 saturated heterocycles. The van der Waals surface area contributed by atoms with Gasteiger partial charge >= 0.3 is 5.76 Å². The van der Waals surface area contributed by atoms with Gasteiger partial charge in [-0.15, -0.1) is 0 Å². The monoisotopic (exact) mass is 202 g/mol. The molecule has 0 saturated carbocycles. The quantitative estimate of drug-likeness (QED) is 0.795. The van der Waals surface area contributed by atoms with Gasteiger partial charge in [0.25, 0.3) is 0 Å². The van der Waals surface area contributed by atoms with E-state index in [1.165, 1.54) is 0 Å². The van der Waals surface area contributed by atoms with Crippen LogP contribution in [0, 0.1) is 6.92 Å². The Hall–Kier alpha value is -1.03. The van der Waals surface area contributed by atoms with Crippen LogP contribution in [0.1, 0.15) is 19.5 Å². The van der Waals surface area contributed by atoms with Gasteiger partial charge in [0.2, 0.25) is 5.88 Å². The smallest absolute Gasteiger partial charge is 0.390 e. The largest absolute Gasteiger partial charge is 0.440 e. The Morgan fingerprint density at radius 3 is 2.69 bits per heavy atom. The number of nitrogens with one attached hydrogen (secondary N) is 1. The molecule has 0 bridgehead atoms. The molecule has 0 amide bonds. The SMILES string of the molecule is Cc1nc(=O)oc(NC(C)C)c1Cl. The fourth-order valence-corrected chi connectivity index (χ4v) is 0.996. The molecule has 4 nitrogen and oxygen atoms in total. The van der Waals surface area contributed by atoms with Gasteiger partial charge in [-0.05, 0) is 20.8 Å². The third kappa shape index (κ3) is 2.45. The van der Waals surface area contributed by atoms with Gasteiger partial charge in [0.15, 0.2) is 0 Å². The summed E-state index contributed by atoms with van der Waals surface area (Å²) in [5.74, 6) is -0.348. The summed E-state index contributed by atoms with van der Waals surface area (Å²) >= 11 is 5.85. The molecule has 5 heteroatoms. The van der Waals surface area contributed by atoms with Gasteiger partial charge in [0.05, 0.1) is 5.69 Å². The average molecular weight is 203 g/mol. The topological polar surface area (TPSA) is 55.1 Å². The van der Waals surface area contributed by atoms with E-state index in [4.69, 9.17) is 16.0 Å². The molecule has 0 aliphatic rings. The summed E-state index contributed by atoms with van der Waals surface area (Å²) in [6, 6.07) is 0.155. The summed E-state index contributed by atoms with van der Waals surface area (Å²) < 4.78 is 4.79. The van der Waals surface area contributed by atoms with Crippen molar-refractivity contribution in [2.45, 2.75) is 26.8 Å². The molecule has 13 heavy (non-hydrogen) atoms. The van der Waals surface area contributed by atoms with Gasteiger partial charge in [-0.1, -0.05) is 11.6 Å². The van der Waals surface area contributed by atoms with Crippen molar-refractivity contribution in [3.8, 4) is 0 Å². The van der Waals surface area contributed by atoms with Gasteiger partial charge in [0, 0.05) is 6.04 Å². The second-order valence-corrected chi connectivity index (χ2v) is 3.39. The van der Waals surface area contributed by atoms with E-state index in [0.717, 1.165) is 0 Å². The van der Waals surface area contributed by atoms with Crippen LogP contribution in [0.4, 0.5) is 5.88 Å². The lowest BCUT2D eigenvalue weighted by atomic mass is 10.4. The summed E-state index contributed by atoms with van der Waals surface area (Å²) in [5.41, 5.74) is 0.473. The zero-order chi connectivity index (χ0) is 10.0. The molecule has 0 unspecified atom stereocenters. The Kier molecular flexibility index (Phi) is 2.93. The van der Waals surface area contributed by atoms with Crippen molar-refractivity contribution in [1.82, 2.24) is 4.98 Å². The van der Waals surface area contributed by atoms with E-state index in [2.05, 4.69) is 10.3 Å². The number of rotatable bonds is 2. The first kappa shape index (κ1) is 10.1. The maximum absolute atomic E-state index is 10.9. The van der Waals surface area contributed by atoms with Crippen LogP contribution >= 0.6 is 11.6 Å². The maximum atomic E-state index is 10.9. The Morgan fingerprint density at radius 2 is 2.15 bits per heavy atom. The summed E-state index contributed by atoms with van der Waals surface area (Å²) in [5, 5.41) is 3.27. The molecular formula is C8H11ClN2O2. The van der Waals surface area contributed by atoms with Crippen LogP contribution in [0.15, 0.2) is 9.21 Å². The molecule has 1 heterocycles. The van der Waals surface area contributed by atoms with Gasteiger partial charge in [-0.2, -0.15) is 4.98 Å². The standard InChI is InChI=1S/C8H11ClN2O2/c1-4(2)10-7-6(9)5(3)11-8(12)13-7/h4,10H,1-3H3. The maximum Gasteiger partial charge on any atom is 0.440 e. The Balaban J connectivity index is 3.13. The second-order valence-electron chi connectivity index (χ2n) is 3.01. The van der Waals surface area contributed by atoms with E-state index in [0.29, 0.717) is 10.7 Å². The minimum Gasteiger partial charge on any atom is -0.390 e. The third-order valence-corrected chi connectivity index (χ3v) is 1.83. The van der Waals surface area contributed by atoms with Crippen LogP contribution in [-0.4, -0.2) is 11.0 Å². The fourth-order valence-electron chi connectivity index (χ4n) is 0.860. The molecule has 0 radical (unpaired) electrons. The highest BCUT2D eigenvalue weighted by atomic mass is 35.5. The van der Waals surface area contributed by atoms with Gasteiger partial charge in [0.1, 0.15) is 5.02 Å². The molecule has 0 aliphatic heterocycles. The van der Waals surface area contributed by atoms with Gasteiger partial charge in [-0.3, -0.25) is 0 Å². The zero-order valence-electron chi connectivity index (χ0n) is 7.72. The third-order valence-electron chi connectivity index (χ3n) is 1.39. The average Bonchev–Trinajstić information content (AvgIpc) is 1.98. The lowest BCUT2D eigenvalue weighted by molar-refractivity contribution is 0.490. The van der Waals surface area contributed by atoms with Crippen LogP contribution in [0.5, 0.6) is 0 Å². The predicted octanol–water partition coefficient (Wildman–Crippen LogP) is 1.82. The van der Waals surface area contributed by atoms with E-state index >= 15 is 0 Å². The van der Waals surface area contributed by atoms with E-state index in [-0.39, 0.29) is 11.9 Å². The van der Waals surface area contributed by atoms with Crippen molar-refractivity contribution in [2.24, 2.45) is 0 Å². The van der Waals surface area contributed by atoms with E-state index in [1.54, 1.807) is 6.92 Å². The molecule has 1 aromatic rings. The first-order valence-corrected chi connectivity index (χ1v) is 4.32. The normalized spacial score (nSPS) is 10.5. The zero-order valence-corrected chi connectivity index (χ0v) is 8.47. The van der Waals surface area contributed by atoms with Crippen LogP contribution in [0.3, 0.4) is 0 Å². The predicted molar refractivity (Wildman–Crippen MR) is 51.3 cm³/mol. The van der Waals surface area contributed by atoms with Crippen LogP contribution in [0.25, 0.3) is 0 Å². The Bertz CT molecular complexity index is 360. The molecule has 1 N–H and O–H groups in total. The molecule has 0 aliphatic carbocycles. The lowest BCUT2D eigenvalue weighted by Gasteiger charge is -2.09. The van der Waals surface area contributed by atoms with Crippen molar-refractivity contribution in [1.29, 1.82) is 0 Å². The number of aryl methyl sites for hydroxylation is 1. The van der Waals surface area contributed by atoms with Crippen LogP contribution in [-0.2, 0) is 0 Å². The van der Waals surface area contributed by atoms with Crippen molar-refractivity contribution in [3.63, 3.8) is 0 Å². The van der Waals surface area contributed by atoms with Crippen LogP contribution in [0.2, 0.25) is 5.02 Å². The van der Waals surface area contributed by atoms with Crippen molar-refractivity contribution >= 4 is 17.5 Å². The summed E-state index contributed by atoms with van der Waals surface area (Å²) in [6.45, 7) is 5.50. The van der Waals surface area contributed by atoms with E-state index in [1.807, 2.05) is 13.8 Å². The van der Waals surface area contributed by atoms with E-state index in [9.17, 15) is 4.79 Å². The number of hydrogen-bond acceptors (Lipinski definition) is 4. The minimum atomic E-state index is -0.634. The van der Waals surface area contributed by atoms with Crippen LogP contribution < -0.4 is 11.1 Å². The van der Waals surface area contributed by atoms with Crippen molar-refractivity contribution < 1.29 is 4.42 Å². The lowest BCUT2D eigenvalue weighted by Crippen LogP contribution is -2.15. The number of aromatic nitrogens is 1. The van der Waals surface area contributed by atoms with Gasteiger partial charge < -0.3 is 9.73 Å². The van der Waals surface area contributed by atoms with Gasteiger partial charge in [-0.25, -0.2) is 4.79 Å². The number of nitrogens with zero attached hydrogens (tertiary/aromatic N) is 1. The summed E-state index contributed by atoms with van der Waals surface area (Å²) in [4.78, 5) is 14.4. The first-order chi connectivity index (χ1) is 6.00. The molecule has 1 rings (SSSR count). The molecule has 1 aromatic heterocycles. The highest BCUT2D eigenvalue weighted by molar-refractivity contribution is 6.33. The first-order valence-electron chi connectivity index (χ1n) is 3.94. The van der Waals surface area contributed by atoms with Crippen molar-refractivity contribution in [3.05, 3.63) is 21.3 Å². The van der Waals surface area contributed by atoms with E-state index < -0.39 is 5.76 Å². The Labute approximate surface area is 80.9 Å². The molecule has 72 valence electrons. The Morgan fingerprint density at radius 1 is 1.54 bits per heavy atom. The number of hydrogen-bond donors (Lipinski definition) is 1. The molecule has 0 spiro atoms. The molecule has 0 aromatic carbocycles. The highest BCUT2D eigenvalue weighted by Crippen LogP contribution is 2.22. The molecule has 0 atom stereocenters. The van der Waals surface area contributed by atoms with Crippen molar-refractivity contribution in [2.75, 3.05) is 5.32 Å². The summed E-state index contributed by atoms with van der Waals surface area (Å²) in [6.07, 6.45) is 0. The number of halogens is 1. The minimum absolute atomic E-state index is 0.155. The fraction of sp³-hybridized carbons (Fsp3) is 0.500. The highest BCUT2D eigenvalue weighted by Gasteiger charge is 2.09.